The Balaban J connectivity index is 1.47. The van der Waals surface area contributed by atoms with Gasteiger partial charge in [-0.05, 0) is 52.6 Å². The Morgan fingerprint density at radius 1 is 0.325 bits per heavy atom. The zero-order valence-corrected chi connectivity index (χ0v) is 21.8. The van der Waals surface area contributed by atoms with Crippen LogP contribution in [0, 0.1) is 0 Å². The lowest BCUT2D eigenvalue weighted by atomic mass is 10.0. The number of hydrogen-bond donors (Lipinski definition) is 0. The molecule has 0 saturated heterocycles. The molecule has 9 aromatic rings. The fourth-order valence-electron chi connectivity index (χ4n) is 6.77. The molecule has 2 heteroatoms. The van der Waals surface area contributed by atoms with E-state index in [1.165, 1.54) is 76.5 Å². The van der Waals surface area contributed by atoms with Gasteiger partial charge in [-0.3, -0.25) is 0 Å². The van der Waals surface area contributed by atoms with Gasteiger partial charge in [0.15, 0.2) is 0 Å². The molecule has 0 atom stereocenters. The van der Waals surface area contributed by atoms with Crippen molar-refractivity contribution in [3.63, 3.8) is 0 Å². The number of para-hydroxylation sites is 2. The molecule has 0 fully saturated rings. The molecule has 0 radical (unpaired) electrons. The van der Waals surface area contributed by atoms with Crippen LogP contribution in [0.25, 0.3) is 76.5 Å². The number of benzene rings is 7. The van der Waals surface area contributed by atoms with Gasteiger partial charge in [0.25, 0.3) is 0 Å². The van der Waals surface area contributed by atoms with Gasteiger partial charge >= 0.3 is 0 Å². The lowest BCUT2D eigenvalue weighted by Gasteiger charge is -2.12. The topological polar surface area (TPSA) is 9.86 Å². The first-order valence-corrected chi connectivity index (χ1v) is 13.8. The molecule has 40 heavy (non-hydrogen) atoms. The molecule has 9 rings (SSSR count). The highest BCUT2D eigenvalue weighted by Gasteiger charge is 2.19. The first-order valence-electron chi connectivity index (χ1n) is 13.8. The fraction of sp³-hybridized carbons (Fsp3) is 0. The number of aromatic nitrogens is 2. The van der Waals surface area contributed by atoms with Crippen LogP contribution in [0.4, 0.5) is 0 Å². The Kier molecular flexibility index (Phi) is 4.36. The van der Waals surface area contributed by atoms with E-state index < -0.39 is 0 Å². The van der Waals surface area contributed by atoms with Gasteiger partial charge in [-0.15, -0.1) is 0 Å². The molecule has 2 heterocycles. The SMILES string of the molecule is c1ccc(-n2c3ccccc3c3ccc(-n4c5ccc6ccccc6c5c5ccc6ccccc6c54)cc32)cc1. The summed E-state index contributed by atoms with van der Waals surface area (Å²) in [5, 5.41) is 10.2. The van der Waals surface area contributed by atoms with Crippen molar-refractivity contribution in [2.24, 2.45) is 0 Å². The maximum Gasteiger partial charge on any atom is 0.0619 e. The van der Waals surface area contributed by atoms with E-state index in [0.717, 1.165) is 0 Å². The van der Waals surface area contributed by atoms with Gasteiger partial charge in [0.2, 0.25) is 0 Å². The third kappa shape index (κ3) is 2.88. The third-order valence-corrected chi connectivity index (χ3v) is 8.47. The molecule has 0 aliphatic heterocycles. The molecule has 0 aliphatic rings. The maximum absolute atomic E-state index is 2.48. The molecule has 0 unspecified atom stereocenters. The van der Waals surface area contributed by atoms with Crippen LogP contribution in [-0.2, 0) is 0 Å². The summed E-state index contributed by atoms with van der Waals surface area (Å²) in [4.78, 5) is 0. The van der Waals surface area contributed by atoms with Crippen LogP contribution >= 0.6 is 0 Å². The molecule has 186 valence electrons. The first kappa shape index (κ1) is 21.6. The predicted octanol–water partition coefficient (Wildman–Crippen LogP) is 10.2. The molecule has 0 N–H and O–H groups in total. The lowest BCUT2D eigenvalue weighted by Crippen LogP contribution is -1.97. The van der Waals surface area contributed by atoms with Gasteiger partial charge in [-0.1, -0.05) is 109 Å². The number of nitrogens with zero attached hydrogens (tertiary/aromatic N) is 2. The zero-order chi connectivity index (χ0) is 26.2. The summed E-state index contributed by atoms with van der Waals surface area (Å²) in [6.45, 7) is 0. The summed E-state index contributed by atoms with van der Waals surface area (Å²) in [5.41, 5.74) is 7.25. The Bertz CT molecular complexity index is 2420. The standard InChI is InChI=1S/C38H24N2/c1-2-12-27(13-3-1)39-34-17-9-8-16-31(34)32-22-20-28(24-36(32)39)40-35-23-19-25-10-4-6-14-29(25)37(35)33-21-18-26-11-5-7-15-30(26)38(33)40/h1-24H. The van der Waals surface area contributed by atoms with Gasteiger partial charge in [0.1, 0.15) is 0 Å². The van der Waals surface area contributed by atoms with E-state index in [-0.39, 0.29) is 0 Å². The molecular weight excluding hydrogens is 484 g/mol. The van der Waals surface area contributed by atoms with Crippen LogP contribution in [0.1, 0.15) is 0 Å². The minimum atomic E-state index is 1.17. The van der Waals surface area contributed by atoms with Gasteiger partial charge in [-0.2, -0.15) is 0 Å². The Labute approximate surface area is 230 Å². The van der Waals surface area contributed by atoms with Crippen LogP contribution in [0.15, 0.2) is 146 Å². The van der Waals surface area contributed by atoms with Crippen molar-refractivity contribution in [1.82, 2.24) is 9.13 Å². The molecule has 2 aromatic heterocycles. The summed E-state index contributed by atoms with van der Waals surface area (Å²) in [6.07, 6.45) is 0. The second-order valence-corrected chi connectivity index (χ2v) is 10.6. The average Bonchev–Trinajstić information content (AvgIpc) is 3.54. The normalized spacial score (nSPS) is 12.0. The van der Waals surface area contributed by atoms with Crippen molar-refractivity contribution in [1.29, 1.82) is 0 Å². The van der Waals surface area contributed by atoms with E-state index in [9.17, 15) is 0 Å². The summed E-state index contributed by atoms with van der Waals surface area (Å²) in [6, 6.07) is 53.0. The second kappa shape index (κ2) is 8.08. The largest absolute Gasteiger partial charge is 0.309 e. The van der Waals surface area contributed by atoms with Crippen molar-refractivity contribution in [3.05, 3.63) is 146 Å². The highest BCUT2D eigenvalue weighted by atomic mass is 15.0. The van der Waals surface area contributed by atoms with E-state index >= 15 is 0 Å². The van der Waals surface area contributed by atoms with Gasteiger partial charge in [0.05, 0.1) is 22.1 Å². The van der Waals surface area contributed by atoms with Gasteiger partial charge in [-0.25, -0.2) is 0 Å². The molecule has 0 amide bonds. The fourth-order valence-corrected chi connectivity index (χ4v) is 6.77. The first-order chi connectivity index (χ1) is 19.9. The lowest BCUT2D eigenvalue weighted by molar-refractivity contribution is 1.16. The van der Waals surface area contributed by atoms with Gasteiger partial charge < -0.3 is 9.13 Å². The number of fused-ring (bicyclic) bond motifs is 10. The highest BCUT2D eigenvalue weighted by molar-refractivity contribution is 6.26. The summed E-state index contributed by atoms with van der Waals surface area (Å²) in [7, 11) is 0. The molecule has 0 spiro atoms. The van der Waals surface area contributed by atoms with Crippen LogP contribution in [0.2, 0.25) is 0 Å². The molecule has 0 bridgehead atoms. The summed E-state index contributed by atoms with van der Waals surface area (Å²) >= 11 is 0. The zero-order valence-electron chi connectivity index (χ0n) is 21.8. The quantitative estimate of drug-likeness (QED) is 0.220. The van der Waals surface area contributed by atoms with Gasteiger partial charge in [0, 0.05) is 38.3 Å². The number of hydrogen-bond acceptors (Lipinski definition) is 0. The van der Waals surface area contributed by atoms with Crippen LogP contribution < -0.4 is 0 Å². The van der Waals surface area contributed by atoms with Crippen molar-refractivity contribution in [3.8, 4) is 11.4 Å². The van der Waals surface area contributed by atoms with Crippen LogP contribution in [0.3, 0.4) is 0 Å². The molecule has 0 saturated carbocycles. The summed E-state index contributed by atoms with van der Waals surface area (Å²) < 4.78 is 4.88. The maximum atomic E-state index is 2.48. The van der Waals surface area contributed by atoms with E-state index in [2.05, 4.69) is 155 Å². The monoisotopic (exact) mass is 508 g/mol. The minimum Gasteiger partial charge on any atom is -0.309 e. The second-order valence-electron chi connectivity index (χ2n) is 10.6. The van der Waals surface area contributed by atoms with E-state index in [1.54, 1.807) is 0 Å². The Morgan fingerprint density at radius 3 is 1.80 bits per heavy atom. The molecule has 0 aliphatic carbocycles. The van der Waals surface area contributed by atoms with Crippen LogP contribution in [-0.4, -0.2) is 9.13 Å². The smallest absolute Gasteiger partial charge is 0.0619 e. The predicted molar refractivity (Wildman–Crippen MR) is 170 cm³/mol. The van der Waals surface area contributed by atoms with E-state index in [1.807, 2.05) is 0 Å². The number of rotatable bonds is 2. The van der Waals surface area contributed by atoms with Crippen molar-refractivity contribution < 1.29 is 0 Å². The Morgan fingerprint density at radius 2 is 0.950 bits per heavy atom. The molecule has 7 aromatic carbocycles. The van der Waals surface area contributed by atoms with E-state index in [4.69, 9.17) is 0 Å². The minimum absolute atomic E-state index is 1.17. The van der Waals surface area contributed by atoms with Crippen molar-refractivity contribution in [2.75, 3.05) is 0 Å². The van der Waals surface area contributed by atoms with Crippen molar-refractivity contribution >= 4 is 65.2 Å². The molecule has 2 nitrogen and oxygen atoms in total. The molecular formula is C38H24N2. The third-order valence-electron chi connectivity index (χ3n) is 8.47. The van der Waals surface area contributed by atoms with Crippen molar-refractivity contribution in [2.45, 2.75) is 0 Å². The summed E-state index contributed by atoms with van der Waals surface area (Å²) in [5.74, 6) is 0. The average molecular weight is 509 g/mol. The van der Waals surface area contributed by atoms with Crippen LogP contribution in [0.5, 0.6) is 0 Å². The highest BCUT2D eigenvalue weighted by Crippen LogP contribution is 2.41. The Hall–Kier alpha value is -5.34. The van der Waals surface area contributed by atoms with E-state index in [0.29, 0.717) is 0 Å².